The van der Waals surface area contributed by atoms with E-state index in [1.807, 2.05) is 12.1 Å². The highest BCUT2D eigenvalue weighted by Gasteiger charge is 2.06. The number of nitrogens with one attached hydrogen (secondary N) is 1. The summed E-state index contributed by atoms with van der Waals surface area (Å²) in [7, 11) is 0. The number of furan rings is 1. The number of H-pyrrole nitrogens is 1. The Morgan fingerprint density at radius 3 is 3.06 bits per heavy atom. The van der Waals surface area contributed by atoms with E-state index in [1.165, 1.54) is 0 Å². The maximum absolute atomic E-state index is 8.93. The summed E-state index contributed by atoms with van der Waals surface area (Å²) >= 11 is 0. The number of fused-ring (bicyclic) bond motifs is 1. The number of nitriles is 1. The SMILES string of the molecule is N#Cc1c[nH]c2ncc(-c3ccoc3)cc12. The number of hydrogen-bond donors (Lipinski definition) is 1. The fourth-order valence-electron chi connectivity index (χ4n) is 1.68. The number of hydrogen-bond acceptors (Lipinski definition) is 3. The van der Waals surface area contributed by atoms with E-state index in [2.05, 4.69) is 16.0 Å². The van der Waals surface area contributed by atoms with Crippen LogP contribution < -0.4 is 0 Å². The zero-order chi connectivity index (χ0) is 11.0. The second kappa shape index (κ2) is 3.24. The Morgan fingerprint density at radius 1 is 1.38 bits per heavy atom. The molecule has 0 amide bonds. The monoisotopic (exact) mass is 209 g/mol. The molecule has 0 bridgehead atoms. The summed E-state index contributed by atoms with van der Waals surface area (Å²) in [6, 6.07) is 5.92. The first-order valence-corrected chi connectivity index (χ1v) is 4.78. The molecule has 76 valence electrons. The topological polar surface area (TPSA) is 65.6 Å². The van der Waals surface area contributed by atoms with Crippen molar-refractivity contribution in [2.45, 2.75) is 0 Å². The molecule has 4 nitrogen and oxygen atoms in total. The van der Waals surface area contributed by atoms with Crippen LogP contribution in [0.4, 0.5) is 0 Å². The van der Waals surface area contributed by atoms with Gasteiger partial charge in [-0.05, 0) is 12.1 Å². The molecule has 3 heterocycles. The van der Waals surface area contributed by atoms with Crippen molar-refractivity contribution >= 4 is 11.0 Å². The largest absolute Gasteiger partial charge is 0.472 e. The molecule has 0 fully saturated rings. The molecule has 0 spiro atoms. The molecule has 1 N–H and O–H groups in total. The number of nitrogens with zero attached hydrogens (tertiary/aromatic N) is 2. The van der Waals surface area contributed by atoms with E-state index in [0.29, 0.717) is 5.56 Å². The van der Waals surface area contributed by atoms with Crippen LogP contribution in [0.15, 0.2) is 41.5 Å². The van der Waals surface area contributed by atoms with Gasteiger partial charge in [0.2, 0.25) is 0 Å². The lowest BCUT2D eigenvalue weighted by molar-refractivity contribution is 0.568. The van der Waals surface area contributed by atoms with Gasteiger partial charge >= 0.3 is 0 Å². The van der Waals surface area contributed by atoms with Crippen molar-refractivity contribution in [1.82, 2.24) is 9.97 Å². The van der Waals surface area contributed by atoms with Crippen LogP contribution in [-0.4, -0.2) is 9.97 Å². The minimum atomic E-state index is 0.604. The molecule has 0 aromatic carbocycles. The lowest BCUT2D eigenvalue weighted by atomic mass is 10.1. The molecule has 0 aliphatic rings. The zero-order valence-corrected chi connectivity index (χ0v) is 8.27. The van der Waals surface area contributed by atoms with E-state index in [1.54, 1.807) is 24.9 Å². The van der Waals surface area contributed by atoms with Crippen LogP contribution in [0.5, 0.6) is 0 Å². The molecular formula is C12H7N3O. The molecule has 16 heavy (non-hydrogen) atoms. The number of rotatable bonds is 1. The average Bonchev–Trinajstić information content (AvgIpc) is 2.97. The van der Waals surface area contributed by atoms with E-state index in [9.17, 15) is 0 Å². The summed E-state index contributed by atoms with van der Waals surface area (Å²) in [5.74, 6) is 0. The van der Waals surface area contributed by atoms with Crippen molar-refractivity contribution in [2.75, 3.05) is 0 Å². The maximum atomic E-state index is 8.93. The smallest absolute Gasteiger partial charge is 0.138 e. The van der Waals surface area contributed by atoms with Crippen LogP contribution in [-0.2, 0) is 0 Å². The van der Waals surface area contributed by atoms with Gasteiger partial charge in [0.25, 0.3) is 0 Å². The summed E-state index contributed by atoms with van der Waals surface area (Å²) in [6.45, 7) is 0. The molecule has 0 saturated carbocycles. The molecule has 0 aliphatic heterocycles. The maximum Gasteiger partial charge on any atom is 0.138 e. The first kappa shape index (κ1) is 8.74. The number of aromatic nitrogens is 2. The van der Waals surface area contributed by atoms with Gasteiger partial charge in [-0.1, -0.05) is 0 Å². The molecule has 3 aromatic rings. The van der Waals surface area contributed by atoms with E-state index < -0.39 is 0 Å². The third-order valence-corrected chi connectivity index (χ3v) is 2.51. The van der Waals surface area contributed by atoms with E-state index in [0.717, 1.165) is 22.2 Å². The zero-order valence-electron chi connectivity index (χ0n) is 8.27. The van der Waals surface area contributed by atoms with E-state index >= 15 is 0 Å². The second-order valence-corrected chi connectivity index (χ2v) is 3.45. The van der Waals surface area contributed by atoms with Crippen molar-refractivity contribution < 1.29 is 4.42 Å². The fourth-order valence-corrected chi connectivity index (χ4v) is 1.68. The molecule has 0 aliphatic carbocycles. The molecule has 4 heteroatoms. The Labute approximate surface area is 91.2 Å². The van der Waals surface area contributed by atoms with Crippen LogP contribution in [0.1, 0.15) is 5.56 Å². The van der Waals surface area contributed by atoms with Gasteiger partial charge in [-0.2, -0.15) is 5.26 Å². The quantitative estimate of drug-likeness (QED) is 0.670. The normalized spacial score (nSPS) is 10.4. The first-order valence-electron chi connectivity index (χ1n) is 4.78. The van der Waals surface area contributed by atoms with Crippen LogP contribution in [0.3, 0.4) is 0 Å². The van der Waals surface area contributed by atoms with Crippen molar-refractivity contribution in [2.24, 2.45) is 0 Å². The lowest BCUT2D eigenvalue weighted by Gasteiger charge is -1.96. The molecule has 3 aromatic heterocycles. The molecule has 0 saturated heterocycles. The minimum Gasteiger partial charge on any atom is -0.472 e. The minimum absolute atomic E-state index is 0.604. The van der Waals surface area contributed by atoms with Crippen molar-refractivity contribution in [1.29, 1.82) is 5.26 Å². The first-order chi connectivity index (χ1) is 7.88. The average molecular weight is 209 g/mol. The fraction of sp³-hybridized carbons (Fsp3) is 0. The summed E-state index contributed by atoms with van der Waals surface area (Å²) in [5, 5.41) is 9.76. The highest BCUT2D eigenvalue weighted by atomic mass is 16.3. The summed E-state index contributed by atoms with van der Waals surface area (Å²) in [4.78, 5) is 7.21. The summed E-state index contributed by atoms with van der Waals surface area (Å²) < 4.78 is 5.02. The molecule has 0 unspecified atom stereocenters. The summed E-state index contributed by atoms with van der Waals surface area (Å²) in [6.07, 6.45) is 6.69. The highest BCUT2D eigenvalue weighted by molar-refractivity contribution is 5.86. The predicted molar refractivity (Wildman–Crippen MR) is 58.5 cm³/mol. The Balaban J connectivity index is 2.26. The lowest BCUT2D eigenvalue weighted by Crippen LogP contribution is -1.80. The molecular weight excluding hydrogens is 202 g/mol. The van der Waals surface area contributed by atoms with Gasteiger partial charge < -0.3 is 9.40 Å². The predicted octanol–water partition coefficient (Wildman–Crippen LogP) is 2.69. The number of pyridine rings is 1. The third-order valence-electron chi connectivity index (χ3n) is 2.51. The summed E-state index contributed by atoms with van der Waals surface area (Å²) in [5.41, 5.74) is 3.23. The van der Waals surface area contributed by atoms with E-state index in [4.69, 9.17) is 9.68 Å². The van der Waals surface area contributed by atoms with Gasteiger partial charge in [0.1, 0.15) is 11.7 Å². The Bertz CT molecular complexity index is 674. The number of aromatic amines is 1. The third kappa shape index (κ3) is 1.19. The van der Waals surface area contributed by atoms with E-state index in [-0.39, 0.29) is 0 Å². The Morgan fingerprint density at radius 2 is 2.31 bits per heavy atom. The van der Waals surface area contributed by atoms with Crippen LogP contribution in [0.2, 0.25) is 0 Å². The molecule has 0 atom stereocenters. The van der Waals surface area contributed by atoms with Crippen LogP contribution in [0, 0.1) is 11.3 Å². The molecule has 3 rings (SSSR count). The van der Waals surface area contributed by atoms with Gasteiger partial charge in [0.05, 0.1) is 18.1 Å². The van der Waals surface area contributed by atoms with Gasteiger partial charge in [-0.25, -0.2) is 4.98 Å². The van der Waals surface area contributed by atoms with Crippen molar-refractivity contribution in [3.05, 3.63) is 42.6 Å². The second-order valence-electron chi connectivity index (χ2n) is 3.45. The van der Waals surface area contributed by atoms with Gasteiger partial charge in [-0.3, -0.25) is 0 Å². The van der Waals surface area contributed by atoms with Crippen molar-refractivity contribution in [3.8, 4) is 17.2 Å². The van der Waals surface area contributed by atoms with Crippen molar-refractivity contribution in [3.63, 3.8) is 0 Å². The van der Waals surface area contributed by atoms with Crippen LogP contribution >= 0.6 is 0 Å². The standard InChI is InChI=1S/C12H7N3O/c13-4-10-6-15-12-11(10)3-9(5-14-12)8-1-2-16-7-8/h1-3,5-7H,(H,14,15). The van der Waals surface area contributed by atoms with Gasteiger partial charge in [0, 0.05) is 28.9 Å². The highest BCUT2D eigenvalue weighted by Crippen LogP contribution is 2.24. The Hall–Kier alpha value is -2.54. The van der Waals surface area contributed by atoms with Gasteiger partial charge in [-0.15, -0.1) is 0 Å². The van der Waals surface area contributed by atoms with Gasteiger partial charge in [0.15, 0.2) is 0 Å². The Kier molecular flexibility index (Phi) is 1.77. The molecule has 0 radical (unpaired) electrons. The van der Waals surface area contributed by atoms with Crippen LogP contribution in [0.25, 0.3) is 22.2 Å².